The first-order chi connectivity index (χ1) is 16.4. The molecule has 1 atom stereocenters. The molecule has 3 aromatic rings. The Bertz CT molecular complexity index is 1270. The summed E-state index contributed by atoms with van der Waals surface area (Å²) in [6, 6.07) is 2.22. The highest BCUT2D eigenvalue weighted by Gasteiger charge is 2.26. The Morgan fingerprint density at radius 1 is 1.29 bits per heavy atom. The Labute approximate surface area is 206 Å². The average Bonchev–Trinajstić information content (AvgIpc) is 3.08. The Morgan fingerprint density at radius 2 is 2.00 bits per heavy atom. The van der Waals surface area contributed by atoms with E-state index in [1.165, 1.54) is 23.9 Å². The first-order valence-corrected chi connectivity index (χ1v) is 12.4. The number of rotatable bonds is 10. The van der Waals surface area contributed by atoms with Crippen molar-refractivity contribution in [1.29, 1.82) is 0 Å². The van der Waals surface area contributed by atoms with Crippen LogP contribution in [-0.2, 0) is 17.8 Å². The van der Waals surface area contributed by atoms with Crippen molar-refractivity contribution < 1.29 is 31.6 Å². The minimum atomic E-state index is -2.76. The van der Waals surface area contributed by atoms with Crippen molar-refractivity contribution in [2.45, 2.75) is 32.2 Å². The van der Waals surface area contributed by atoms with E-state index in [0.717, 1.165) is 6.07 Å². The average molecular weight is 534 g/mol. The number of halogens is 4. The molecule has 9 nitrogen and oxygen atoms in total. The maximum atomic E-state index is 14.7. The van der Waals surface area contributed by atoms with E-state index in [1.54, 1.807) is 20.1 Å². The lowest BCUT2D eigenvalue weighted by atomic mass is 10.0. The fraction of sp³-hybridized carbons (Fsp3) is 0.429. The maximum absolute atomic E-state index is 14.7. The van der Waals surface area contributed by atoms with Crippen LogP contribution in [0, 0.1) is 5.82 Å². The zero-order valence-corrected chi connectivity index (χ0v) is 20.8. The summed E-state index contributed by atoms with van der Waals surface area (Å²) >= 11 is 5.84. The third kappa shape index (κ3) is 6.82. The molecule has 0 aromatic carbocycles. The summed E-state index contributed by atoms with van der Waals surface area (Å²) in [5, 5.41) is 2.92. The molecule has 0 spiro atoms. The minimum absolute atomic E-state index is 0.0275. The van der Waals surface area contributed by atoms with E-state index >= 15 is 0 Å². The number of ether oxygens (including phenoxy) is 2. The van der Waals surface area contributed by atoms with Gasteiger partial charge in [0, 0.05) is 53.7 Å². The van der Waals surface area contributed by atoms with Gasteiger partial charge in [-0.15, -0.1) is 0 Å². The number of nitrogens with zero attached hydrogens (tertiary/aromatic N) is 4. The predicted molar refractivity (Wildman–Crippen MR) is 124 cm³/mol. The Morgan fingerprint density at radius 3 is 2.66 bits per heavy atom. The summed E-state index contributed by atoms with van der Waals surface area (Å²) in [7, 11) is 0.505. The number of imidazole rings is 1. The van der Waals surface area contributed by atoms with Gasteiger partial charge in [-0.1, -0.05) is 11.6 Å². The van der Waals surface area contributed by atoms with E-state index in [9.17, 15) is 22.2 Å². The summed E-state index contributed by atoms with van der Waals surface area (Å²) in [5.74, 6) is -2.15. The highest BCUT2D eigenvalue weighted by Crippen LogP contribution is 2.33. The molecule has 190 valence electrons. The number of carbonyl (C=O) groups is 1. The van der Waals surface area contributed by atoms with Gasteiger partial charge in [-0.3, -0.25) is 9.00 Å². The van der Waals surface area contributed by atoms with Gasteiger partial charge >= 0.3 is 0 Å². The van der Waals surface area contributed by atoms with Crippen LogP contribution in [0.5, 0.6) is 17.5 Å². The molecule has 0 radical (unpaired) electrons. The second kappa shape index (κ2) is 10.8. The van der Waals surface area contributed by atoms with Crippen molar-refractivity contribution >= 4 is 39.5 Å². The number of hydrogen-bond acceptors (Lipinski definition) is 7. The summed E-state index contributed by atoms with van der Waals surface area (Å²) in [4.78, 5) is 25.0. The molecule has 3 rings (SSSR count). The van der Waals surface area contributed by atoms with Gasteiger partial charge in [-0.05, 0) is 20.3 Å². The largest absolute Gasteiger partial charge is 0.482 e. The van der Waals surface area contributed by atoms with Crippen molar-refractivity contribution in [2.24, 2.45) is 7.05 Å². The first-order valence-electron chi connectivity index (χ1n) is 10.3. The van der Waals surface area contributed by atoms with Crippen LogP contribution in [0.4, 0.5) is 13.2 Å². The highest BCUT2D eigenvalue weighted by atomic mass is 35.5. The smallest absolute Gasteiger partial charge is 0.287 e. The van der Waals surface area contributed by atoms with Crippen LogP contribution in [0.3, 0.4) is 0 Å². The SMILES string of the molecule is Cn1c(C(=O)NC(C)(C)CCS(C)=O)nc2cc(F)c(Oc3ncc(Cl)cc3OCC(F)F)nc21. The zero-order chi connectivity index (χ0) is 25.9. The lowest BCUT2D eigenvalue weighted by molar-refractivity contribution is 0.0803. The molecule has 3 heterocycles. The second-order valence-electron chi connectivity index (χ2n) is 8.24. The fourth-order valence-electron chi connectivity index (χ4n) is 3.00. The van der Waals surface area contributed by atoms with Crippen molar-refractivity contribution in [3.63, 3.8) is 0 Å². The molecule has 0 saturated carbocycles. The van der Waals surface area contributed by atoms with Gasteiger partial charge in [0.15, 0.2) is 17.2 Å². The predicted octanol–water partition coefficient (Wildman–Crippen LogP) is 3.87. The van der Waals surface area contributed by atoms with Gasteiger partial charge in [-0.2, -0.15) is 4.98 Å². The van der Waals surface area contributed by atoms with Crippen LogP contribution in [0.2, 0.25) is 5.02 Å². The number of aryl methyl sites for hydroxylation is 1. The quantitative estimate of drug-likeness (QED) is 0.421. The molecule has 1 N–H and O–H groups in total. The Kier molecular flexibility index (Phi) is 8.21. The third-order valence-electron chi connectivity index (χ3n) is 4.78. The molecule has 1 amide bonds. The van der Waals surface area contributed by atoms with Crippen LogP contribution in [0.1, 0.15) is 30.9 Å². The molecule has 0 aliphatic rings. The fourth-order valence-corrected chi connectivity index (χ4v) is 3.95. The van der Waals surface area contributed by atoms with Crippen molar-refractivity contribution in [3.8, 4) is 17.5 Å². The molecular weight excluding hydrogens is 511 g/mol. The topological polar surface area (TPSA) is 108 Å². The first kappa shape index (κ1) is 26.7. The van der Waals surface area contributed by atoms with Crippen molar-refractivity contribution in [1.82, 2.24) is 24.8 Å². The molecule has 0 fully saturated rings. The van der Waals surface area contributed by atoms with Crippen molar-refractivity contribution in [3.05, 3.63) is 35.0 Å². The minimum Gasteiger partial charge on any atom is -0.482 e. The highest BCUT2D eigenvalue weighted by molar-refractivity contribution is 7.84. The number of aromatic nitrogens is 4. The molecule has 1 unspecified atom stereocenters. The monoisotopic (exact) mass is 533 g/mol. The zero-order valence-electron chi connectivity index (χ0n) is 19.3. The van der Waals surface area contributed by atoms with Gasteiger partial charge in [-0.25, -0.2) is 23.1 Å². The van der Waals surface area contributed by atoms with E-state index in [-0.39, 0.29) is 33.6 Å². The van der Waals surface area contributed by atoms with E-state index in [1.807, 2.05) is 0 Å². The summed E-state index contributed by atoms with van der Waals surface area (Å²) in [6.45, 7) is 2.63. The standard InChI is InChI=1S/C21H23ClF3N5O4S/c1-21(2,5-6-35(4)32)29-18(31)17-27-13-8-12(23)19(28-16(13)30(17)3)34-20-14(33-10-15(24)25)7-11(22)9-26-20/h7-9,15H,5-6,10H2,1-4H3,(H,29,31). The van der Waals surface area contributed by atoms with Crippen LogP contribution in [0.25, 0.3) is 11.2 Å². The molecule has 35 heavy (non-hydrogen) atoms. The molecule has 0 aliphatic carbocycles. The molecule has 0 saturated heterocycles. The van der Waals surface area contributed by atoms with Gasteiger partial charge in [0.25, 0.3) is 24.1 Å². The Hall–Kier alpha value is -2.93. The van der Waals surface area contributed by atoms with Gasteiger partial charge in [0.05, 0.1) is 5.02 Å². The van der Waals surface area contributed by atoms with Crippen LogP contribution >= 0.6 is 11.6 Å². The summed E-state index contributed by atoms with van der Waals surface area (Å²) in [5.41, 5.74) is -0.445. The maximum Gasteiger partial charge on any atom is 0.287 e. The van der Waals surface area contributed by atoms with E-state index < -0.39 is 47.0 Å². The number of nitrogens with one attached hydrogen (secondary N) is 1. The lowest BCUT2D eigenvalue weighted by Gasteiger charge is -2.25. The van der Waals surface area contributed by atoms with Crippen LogP contribution in [-0.4, -0.2) is 60.2 Å². The van der Waals surface area contributed by atoms with Crippen LogP contribution < -0.4 is 14.8 Å². The molecule has 3 aromatic heterocycles. The van der Waals surface area contributed by atoms with E-state index in [0.29, 0.717) is 12.2 Å². The van der Waals surface area contributed by atoms with Gasteiger partial charge < -0.3 is 19.4 Å². The second-order valence-corrected chi connectivity index (χ2v) is 10.2. The Balaban J connectivity index is 1.89. The summed E-state index contributed by atoms with van der Waals surface area (Å²) in [6.07, 6.45) is 0.462. The summed E-state index contributed by atoms with van der Waals surface area (Å²) < 4.78 is 63.0. The number of carbonyl (C=O) groups excluding carboxylic acids is 1. The van der Waals surface area contributed by atoms with Crippen molar-refractivity contribution in [2.75, 3.05) is 18.6 Å². The molecule has 14 heteroatoms. The van der Waals surface area contributed by atoms with E-state index in [2.05, 4.69) is 20.3 Å². The number of alkyl halides is 2. The van der Waals surface area contributed by atoms with Crippen LogP contribution in [0.15, 0.2) is 18.3 Å². The molecule has 0 aliphatic heterocycles. The number of amides is 1. The number of hydrogen-bond donors (Lipinski definition) is 1. The number of fused-ring (bicyclic) bond motifs is 1. The lowest BCUT2D eigenvalue weighted by Crippen LogP contribution is -2.45. The van der Waals surface area contributed by atoms with Gasteiger partial charge in [0.2, 0.25) is 5.82 Å². The van der Waals surface area contributed by atoms with Gasteiger partial charge in [0.1, 0.15) is 12.1 Å². The number of pyridine rings is 2. The van der Waals surface area contributed by atoms with E-state index in [4.69, 9.17) is 21.1 Å². The third-order valence-corrected chi connectivity index (χ3v) is 5.76. The molecule has 0 bridgehead atoms. The normalized spacial score (nSPS) is 12.7. The molecular formula is C21H23ClF3N5O4S.